The zero-order valence-electron chi connectivity index (χ0n) is 8.73. The van der Waals surface area contributed by atoms with Gasteiger partial charge in [0.25, 0.3) is 0 Å². The van der Waals surface area contributed by atoms with Crippen molar-refractivity contribution in [1.29, 1.82) is 0 Å². The van der Waals surface area contributed by atoms with Crippen LogP contribution in [-0.4, -0.2) is 29.1 Å². The van der Waals surface area contributed by atoms with Crippen molar-refractivity contribution in [2.45, 2.75) is 4.90 Å². The first-order valence-electron chi connectivity index (χ1n) is 4.48. The van der Waals surface area contributed by atoms with Crippen LogP contribution >= 0.6 is 33.9 Å². The lowest BCUT2D eigenvalue weighted by atomic mass is 10.4. The Labute approximate surface area is 120 Å². The summed E-state index contributed by atoms with van der Waals surface area (Å²) in [6.07, 6.45) is 0. The van der Waals surface area contributed by atoms with Gasteiger partial charge in [0.2, 0.25) is 19.1 Å². The summed E-state index contributed by atoms with van der Waals surface area (Å²) in [5.74, 6) is -0.512. The average molecular weight is 353 g/mol. The van der Waals surface area contributed by atoms with E-state index in [1.54, 1.807) is 0 Å². The van der Waals surface area contributed by atoms with Gasteiger partial charge >= 0.3 is 0 Å². The molecule has 0 radical (unpaired) electrons. The summed E-state index contributed by atoms with van der Waals surface area (Å²) >= 11 is 11.3. The lowest BCUT2D eigenvalue weighted by Crippen LogP contribution is -2.28. The normalized spacial score (nSPS) is 12.6. The highest BCUT2D eigenvalue weighted by Crippen LogP contribution is 2.22. The maximum absolute atomic E-state index is 11.8. The largest absolute Gasteiger partial charge is 0.240 e. The summed E-state index contributed by atoms with van der Waals surface area (Å²) in [7, 11) is -2.67. The highest BCUT2D eigenvalue weighted by atomic mass is 35.7. The van der Waals surface area contributed by atoms with E-state index in [-0.39, 0.29) is 21.5 Å². The Bertz CT molecular complexity index is 622. The molecule has 1 aromatic rings. The van der Waals surface area contributed by atoms with Crippen LogP contribution in [0.2, 0.25) is 10.0 Å². The predicted octanol–water partition coefficient (Wildman–Crippen LogP) is 1.84. The van der Waals surface area contributed by atoms with Crippen LogP contribution in [-0.2, 0) is 19.1 Å². The molecular formula is C8H8Cl3NO4S2. The van der Waals surface area contributed by atoms with Gasteiger partial charge in [0.1, 0.15) is 0 Å². The van der Waals surface area contributed by atoms with E-state index < -0.39 is 24.8 Å². The number of nitrogens with one attached hydrogen (secondary N) is 1. The highest BCUT2D eigenvalue weighted by molar-refractivity contribution is 8.13. The van der Waals surface area contributed by atoms with Crippen molar-refractivity contribution in [1.82, 2.24) is 4.72 Å². The van der Waals surface area contributed by atoms with Gasteiger partial charge in [0.15, 0.2) is 0 Å². The average Bonchev–Trinajstić information content (AvgIpc) is 2.13. The third kappa shape index (κ3) is 5.29. The second kappa shape index (κ2) is 5.94. The van der Waals surface area contributed by atoms with Crippen molar-refractivity contribution >= 4 is 53.0 Å². The van der Waals surface area contributed by atoms with Crippen molar-refractivity contribution < 1.29 is 16.8 Å². The van der Waals surface area contributed by atoms with E-state index >= 15 is 0 Å². The molecule has 10 heteroatoms. The standard InChI is InChI=1S/C8H8Cl3NO4S2/c9-6-3-7(10)5-8(4-6)18(15,16)12-1-2-17(11,13)14/h3-5,12H,1-2H2. The minimum atomic E-state index is -3.87. The molecule has 0 aromatic heterocycles. The molecule has 0 spiro atoms. The van der Waals surface area contributed by atoms with Crippen LogP contribution in [0.5, 0.6) is 0 Å². The van der Waals surface area contributed by atoms with Crippen LogP contribution in [0.4, 0.5) is 0 Å². The molecule has 0 aliphatic heterocycles. The Kier molecular flexibility index (Phi) is 5.28. The van der Waals surface area contributed by atoms with E-state index in [4.69, 9.17) is 33.9 Å². The maximum atomic E-state index is 11.8. The van der Waals surface area contributed by atoms with E-state index in [0.717, 1.165) is 0 Å². The molecular weight excluding hydrogens is 345 g/mol. The molecule has 0 aliphatic rings. The van der Waals surface area contributed by atoms with Crippen LogP contribution < -0.4 is 4.72 Å². The fourth-order valence-electron chi connectivity index (χ4n) is 1.06. The third-order valence-corrected chi connectivity index (χ3v) is 4.82. The number of sulfonamides is 1. The highest BCUT2D eigenvalue weighted by Gasteiger charge is 2.16. The molecule has 0 amide bonds. The van der Waals surface area contributed by atoms with Gasteiger partial charge < -0.3 is 0 Å². The molecule has 0 aliphatic carbocycles. The Balaban J connectivity index is 2.87. The zero-order valence-corrected chi connectivity index (χ0v) is 12.6. The minimum absolute atomic E-state index is 0.146. The Morgan fingerprint density at radius 2 is 1.50 bits per heavy atom. The second-order valence-electron chi connectivity index (χ2n) is 3.25. The molecule has 1 aromatic carbocycles. The minimum Gasteiger partial charge on any atom is -0.212 e. The summed E-state index contributed by atoms with van der Waals surface area (Å²) in [5, 5.41) is 0.320. The van der Waals surface area contributed by atoms with Gasteiger partial charge in [-0.25, -0.2) is 21.6 Å². The topological polar surface area (TPSA) is 80.3 Å². The summed E-state index contributed by atoms with van der Waals surface area (Å²) < 4.78 is 46.9. The van der Waals surface area contributed by atoms with E-state index in [2.05, 4.69) is 4.72 Å². The Hall–Kier alpha value is -0.0500. The van der Waals surface area contributed by atoms with E-state index in [9.17, 15) is 16.8 Å². The number of rotatable bonds is 5. The number of hydrogen-bond acceptors (Lipinski definition) is 4. The summed E-state index contributed by atoms with van der Waals surface area (Å²) in [6.45, 7) is -0.335. The third-order valence-electron chi connectivity index (χ3n) is 1.78. The fraction of sp³-hybridized carbons (Fsp3) is 0.250. The monoisotopic (exact) mass is 351 g/mol. The van der Waals surface area contributed by atoms with Crippen LogP contribution in [0, 0.1) is 0 Å². The van der Waals surface area contributed by atoms with E-state index in [1.807, 2.05) is 0 Å². The molecule has 1 rings (SSSR count). The van der Waals surface area contributed by atoms with Crippen LogP contribution in [0.15, 0.2) is 23.1 Å². The Morgan fingerprint density at radius 3 is 1.94 bits per heavy atom. The number of benzene rings is 1. The van der Waals surface area contributed by atoms with Crippen LogP contribution in [0.3, 0.4) is 0 Å². The van der Waals surface area contributed by atoms with Crippen molar-refractivity contribution in [2.24, 2.45) is 0 Å². The first-order valence-corrected chi connectivity index (χ1v) is 9.20. The smallest absolute Gasteiger partial charge is 0.212 e. The summed E-state index contributed by atoms with van der Waals surface area (Å²) in [6, 6.07) is 3.78. The molecule has 0 heterocycles. The van der Waals surface area contributed by atoms with Crippen LogP contribution in [0.25, 0.3) is 0 Å². The SMILES string of the molecule is O=S(=O)(Cl)CCNS(=O)(=O)c1cc(Cl)cc(Cl)c1. The lowest BCUT2D eigenvalue weighted by Gasteiger charge is -2.06. The molecule has 0 unspecified atom stereocenters. The zero-order chi connectivity index (χ0) is 14.0. The molecule has 0 atom stereocenters. The van der Waals surface area contributed by atoms with Gasteiger partial charge in [0.05, 0.1) is 10.6 Å². The summed E-state index contributed by atoms with van der Waals surface area (Å²) in [4.78, 5) is -0.146. The van der Waals surface area contributed by atoms with Crippen molar-refractivity contribution in [3.63, 3.8) is 0 Å². The molecule has 5 nitrogen and oxygen atoms in total. The van der Waals surface area contributed by atoms with Crippen molar-refractivity contribution in [3.05, 3.63) is 28.2 Å². The fourth-order valence-corrected chi connectivity index (χ4v) is 3.53. The first-order chi connectivity index (χ1) is 8.10. The Morgan fingerprint density at radius 1 is 1.00 bits per heavy atom. The molecule has 0 saturated carbocycles. The van der Waals surface area contributed by atoms with Gasteiger partial charge in [0, 0.05) is 27.3 Å². The first kappa shape index (κ1) is 16.0. The molecule has 102 valence electrons. The maximum Gasteiger partial charge on any atom is 0.240 e. The number of hydrogen-bond donors (Lipinski definition) is 1. The quantitative estimate of drug-likeness (QED) is 0.820. The predicted molar refractivity (Wildman–Crippen MR) is 71.3 cm³/mol. The van der Waals surface area contributed by atoms with Crippen LogP contribution in [0.1, 0.15) is 0 Å². The van der Waals surface area contributed by atoms with Gasteiger partial charge in [-0.05, 0) is 18.2 Å². The lowest BCUT2D eigenvalue weighted by molar-refractivity contribution is 0.582. The van der Waals surface area contributed by atoms with Crippen molar-refractivity contribution in [2.75, 3.05) is 12.3 Å². The van der Waals surface area contributed by atoms with E-state index in [0.29, 0.717) is 0 Å². The molecule has 0 saturated heterocycles. The number of halogens is 3. The summed E-state index contributed by atoms with van der Waals surface area (Å²) in [5.41, 5.74) is 0. The van der Waals surface area contributed by atoms with Crippen molar-refractivity contribution in [3.8, 4) is 0 Å². The van der Waals surface area contributed by atoms with Gasteiger partial charge in [-0.1, -0.05) is 23.2 Å². The van der Waals surface area contributed by atoms with E-state index in [1.165, 1.54) is 18.2 Å². The van der Waals surface area contributed by atoms with Gasteiger partial charge in [-0.3, -0.25) is 0 Å². The molecule has 0 fully saturated rings. The second-order valence-corrected chi connectivity index (χ2v) is 8.78. The molecule has 1 N–H and O–H groups in total. The molecule has 0 bridgehead atoms. The van der Waals surface area contributed by atoms with Gasteiger partial charge in [-0.2, -0.15) is 0 Å². The van der Waals surface area contributed by atoms with Gasteiger partial charge in [-0.15, -0.1) is 0 Å². The molecule has 18 heavy (non-hydrogen) atoms.